The molecule has 1 N–H and O–H groups in total. The fraction of sp³-hybridized carbons (Fsp3) is 0.176. The van der Waals surface area contributed by atoms with Gasteiger partial charge in [0.1, 0.15) is 23.7 Å². The van der Waals surface area contributed by atoms with Crippen molar-refractivity contribution in [2.45, 2.75) is 6.92 Å². The zero-order valence-corrected chi connectivity index (χ0v) is 15.3. The van der Waals surface area contributed by atoms with Crippen molar-refractivity contribution in [3.8, 4) is 11.3 Å². The van der Waals surface area contributed by atoms with Crippen LogP contribution in [0.5, 0.6) is 0 Å². The lowest BCUT2D eigenvalue weighted by Gasteiger charge is -2.09. The van der Waals surface area contributed by atoms with Crippen LogP contribution in [0.15, 0.2) is 47.1 Å². The molecule has 2 aromatic heterocycles. The number of fused-ring (bicyclic) bond motifs is 1. The van der Waals surface area contributed by atoms with Crippen molar-refractivity contribution in [2.24, 2.45) is 0 Å². The highest BCUT2D eigenvalue weighted by atomic mass is 79.9. The molecule has 0 radical (unpaired) electrons. The van der Waals surface area contributed by atoms with E-state index in [1.807, 2.05) is 34.7 Å². The fourth-order valence-corrected chi connectivity index (χ4v) is 2.79. The summed E-state index contributed by atoms with van der Waals surface area (Å²) in [6, 6.07) is 11.4. The summed E-state index contributed by atoms with van der Waals surface area (Å²) < 4.78 is 7.79. The maximum Gasteiger partial charge on any atom is 0.325 e. The molecule has 0 spiro atoms. The van der Waals surface area contributed by atoms with Crippen LogP contribution in [0.2, 0.25) is 5.02 Å². The molecule has 0 saturated carbocycles. The summed E-state index contributed by atoms with van der Waals surface area (Å²) >= 11 is 9.53. The first-order valence-electron chi connectivity index (χ1n) is 7.41. The molecule has 3 rings (SSSR count). The molecule has 0 aliphatic heterocycles. The van der Waals surface area contributed by atoms with E-state index in [2.05, 4.69) is 26.2 Å². The van der Waals surface area contributed by atoms with Gasteiger partial charge in [-0.05, 0) is 31.2 Å². The Morgan fingerprint density at radius 3 is 2.75 bits per heavy atom. The first-order valence-corrected chi connectivity index (χ1v) is 8.58. The Labute approximate surface area is 152 Å². The van der Waals surface area contributed by atoms with Crippen molar-refractivity contribution in [3.63, 3.8) is 0 Å². The third-order valence-corrected chi connectivity index (χ3v) is 4.16. The number of nitrogens with zero attached hydrogens (tertiary/aromatic N) is 2. The van der Waals surface area contributed by atoms with E-state index in [1.165, 1.54) is 0 Å². The number of hydrogen-bond acceptors (Lipinski definition) is 4. The van der Waals surface area contributed by atoms with Crippen molar-refractivity contribution in [2.75, 3.05) is 18.5 Å². The molecule has 1 aromatic carbocycles. The van der Waals surface area contributed by atoms with Crippen molar-refractivity contribution < 1.29 is 9.53 Å². The number of aromatic nitrogens is 2. The minimum Gasteiger partial charge on any atom is -0.465 e. The summed E-state index contributed by atoms with van der Waals surface area (Å²) in [6.07, 6.45) is 1.76. The van der Waals surface area contributed by atoms with Gasteiger partial charge < -0.3 is 10.1 Å². The SMILES string of the molecule is CCOC(=O)CNc1c(-c2ccc(Br)cc2)nc2ccc(Cl)cn12. The Bertz CT molecular complexity index is 877. The lowest BCUT2D eigenvalue weighted by molar-refractivity contribution is -0.140. The number of ether oxygens (including phenoxy) is 1. The fourth-order valence-electron chi connectivity index (χ4n) is 2.36. The molecule has 0 atom stereocenters. The number of carbonyl (C=O) groups excluding carboxylic acids is 1. The third kappa shape index (κ3) is 3.55. The predicted molar refractivity (Wildman–Crippen MR) is 98.5 cm³/mol. The van der Waals surface area contributed by atoms with Crippen molar-refractivity contribution >= 4 is 45.0 Å². The molecule has 0 unspecified atom stereocenters. The molecule has 0 bridgehead atoms. The molecule has 24 heavy (non-hydrogen) atoms. The Morgan fingerprint density at radius 1 is 1.29 bits per heavy atom. The second kappa shape index (κ2) is 7.23. The van der Waals surface area contributed by atoms with E-state index in [9.17, 15) is 4.79 Å². The largest absolute Gasteiger partial charge is 0.465 e. The number of imidazole rings is 1. The van der Waals surface area contributed by atoms with Gasteiger partial charge in [-0.3, -0.25) is 9.20 Å². The normalized spacial score (nSPS) is 10.8. The van der Waals surface area contributed by atoms with Gasteiger partial charge in [0.25, 0.3) is 0 Å². The average molecular weight is 409 g/mol. The van der Waals surface area contributed by atoms with Crippen LogP contribution in [0, 0.1) is 0 Å². The van der Waals surface area contributed by atoms with Crippen LogP contribution in [0.4, 0.5) is 5.82 Å². The number of hydrogen-bond donors (Lipinski definition) is 1. The first kappa shape index (κ1) is 16.8. The van der Waals surface area contributed by atoms with Gasteiger partial charge in [-0.2, -0.15) is 0 Å². The van der Waals surface area contributed by atoms with E-state index in [1.54, 1.807) is 19.2 Å². The van der Waals surface area contributed by atoms with E-state index < -0.39 is 0 Å². The molecule has 5 nitrogen and oxygen atoms in total. The summed E-state index contributed by atoms with van der Waals surface area (Å²) in [6.45, 7) is 2.18. The number of esters is 1. The van der Waals surface area contributed by atoms with Gasteiger partial charge in [-0.15, -0.1) is 0 Å². The molecule has 2 heterocycles. The molecule has 0 fully saturated rings. The highest BCUT2D eigenvalue weighted by Gasteiger charge is 2.15. The second-order valence-electron chi connectivity index (χ2n) is 5.05. The van der Waals surface area contributed by atoms with Gasteiger partial charge in [-0.1, -0.05) is 39.7 Å². The Balaban J connectivity index is 2.05. The molecule has 0 saturated heterocycles. The summed E-state index contributed by atoms with van der Waals surface area (Å²) in [4.78, 5) is 16.3. The molecule has 0 amide bonds. The van der Waals surface area contributed by atoms with E-state index in [0.717, 1.165) is 21.4 Å². The zero-order chi connectivity index (χ0) is 17.1. The maximum atomic E-state index is 11.7. The molecular weight excluding hydrogens is 394 g/mol. The predicted octanol–water partition coefficient (Wildman–Crippen LogP) is 4.39. The average Bonchev–Trinajstić information content (AvgIpc) is 2.91. The molecule has 7 heteroatoms. The van der Waals surface area contributed by atoms with E-state index >= 15 is 0 Å². The smallest absolute Gasteiger partial charge is 0.325 e. The number of nitrogens with one attached hydrogen (secondary N) is 1. The summed E-state index contributed by atoms with van der Waals surface area (Å²) in [7, 11) is 0. The van der Waals surface area contributed by atoms with Gasteiger partial charge in [0.2, 0.25) is 0 Å². The van der Waals surface area contributed by atoms with Gasteiger partial charge in [-0.25, -0.2) is 4.98 Å². The summed E-state index contributed by atoms with van der Waals surface area (Å²) in [5.41, 5.74) is 2.42. The molecule has 0 aliphatic rings. The second-order valence-corrected chi connectivity index (χ2v) is 6.40. The highest BCUT2D eigenvalue weighted by Crippen LogP contribution is 2.30. The minimum atomic E-state index is -0.323. The van der Waals surface area contributed by atoms with E-state index in [-0.39, 0.29) is 12.5 Å². The van der Waals surface area contributed by atoms with Gasteiger partial charge in [0, 0.05) is 16.2 Å². The maximum absolute atomic E-state index is 11.7. The van der Waals surface area contributed by atoms with Gasteiger partial charge >= 0.3 is 5.97 Å². The number of carbonyl (C=O) groups is 1. The van der Waals surface area contributed by atoms with Crippen LogP contribution in [0.1, 0.15) is 6.92 Å². The third-order valence-electron chi connectivity index (χ3n) is 3.41. The molecule has 3 aromatic rings. The molecular formula is C17H15BrClN3O2. The Kier molecular flexibility index (Phi) is 5.06. The Morgan fingerprint density at radius 2 is 2.04 bits per heavy atom. The van der Waals surface area contributed by atoms with Gasteiger partial charge in [0.05, 0.1) is 11.6 Å². The van der Waals surface area contributed by atoms with E-state index in [4.69, 9.17) is 16.3 Å². The number of benzene rings is 1. The quantitative estimate of drug-likeness (QED) is 0.636. The minimum absolute atomic E-state index is 0.0532. The van der Waals surface area contributed by atoms with Gasteiger partial charge in [0.15, 0.2) is 0 Å². The number of halogens is 2. The van der Waals surface area contributed by atoms with Crippen LogP contribution >= 0.6 is 27.5 Å². The van der Waals surface area contributed by atoms with Crippen molar-refractivity contribution in [3.05, 3.63) is 52.1 Å². The van der Waals surface area contributed by atoms with Crippen molar-refractivity contribution in [1.29, 1.82) is 0 Å². The number of pyridine rings is 1. The monoisotopic (exact) mass is 407 g/mol. The molecule has 124 valence electrons. The number of rotatable bonds is 5. The van der Waals surface area contributed by atoms with Crippen LogP contribution in [-0.4, -0.2) is 28.5 Å². The number of anilines is 1. The zero-order valence-electron chi connectivity index (χ0n) is 12.9. The van der Waals surface area contributed by atoms with Crippen LogP contribution in [-0.2, 0) is 9.53 Å². The highest BCUT2D eigenvalue weighted by molar-refractivity contribution is 9.10. The Hall–Kier alpha value is -2.05. The van der Waals surface area contributed by atoms with E-state index in [0.29, 0.717) is 17.4 Å². The van der Waals surface area contributed by atoms with Crippen LogP contribution in [0.25, 0.3) is 16.9 Å². The summed E-state index contributed by atoms with van der Waals surface area (Å²) in [5.74, 6) is 0.374. The van der Waals surface area contributed by atoms with Crippen LogP contribution < -0.4 is 5.32 Å². The lowest BCUT2D eigenvalue weighted by Crippen LogP contribution is -2.17. The standard InChI is InChI=1S/C17H15BrClN3O2/c1-2-24-15(23)9-20-17-16(11-3-5-12(18)6-4-11)21-14-8-7-13(19)10-22(14)17/h3-8,10,20H,2,9H2,1H3. The topological polar surface area (TPSA) is 55.6 Å². The van der Waals surface area contributed by atoms with Crippen molar-refractivity contribution in [1.82, 2.24) is 9.38 Å². The molecule has 0 aliphatic carbocycles. The lowest BCUT2D eigenvalue weighted by atomic mass is 10.1. The van der Waals surface area contributed by atoms with Crippen LogP contribution in [0.3, 0.4) is 0 Å². The first-order chi connectivity index (χ1) is 11.6. The summed E-state index contributed by atoms with van der Waals surface area (Å²) in [5, 5.41) is 3.70.